The smallest absolute Gasteiger partial charge is 0.0668 e. The maximum atomic E-state index is 3.97. The van der Waals surface area contributed by atoms with Gasteiger partial charge in [-0.2, -0.15) is 0 Å². The van der Waals surface area contributed by atoms with Crippen molar-refractivity contribution >= 4 is 102 Å². The van der Waals surface area contributed by atoms with Crippen molar-refractivity contribution in [2.45, 2.75) is 0 Å². The minimum atomic E-state index is 1.24. The second-order valence-corrected chi connectivity index (χ2v) is 11.2. The molecule has 0 amide bonds. The van der Waals surface area contributed by atoms with Crippen LogP contribution in [0.25, 0.3) is 90.8 Å². The number of aromatic nitrogens is 2. The number of hydrogen-bond acceptors (Lipinski definition) is 1. The molecular formula is C34H18N2S. The Labute approximate surface area is 214 Å². The molecule has 3 heteroatoms. The molecule has 6 aromatic carbocycles. The molecule has 10 rings (SSSR count). The standard InChI is InChI=1S/C34H18N2S/c1-2-9-19-18(8-1)16-24-23-13-7-12-22-20-10-3-5-14-26(20)36(33(22)23)27-17-25-21-11-4-6-15-28(21)37-34(25)32-30(27)29(24)31(19)35-32/h1-17,35H. The highest BCUT2D eigenvalue weighted by molar-refractivity contribution is 7.26. The van der Waals surface area contributed by atoms with E-state index in [1.165, 1.54) is 90.8 Å². The van der Waals surface area contributed by atoms with Crippen LogP contribution in [0.5, 0.6) is 0 Å². The minimum absolute atomic E-state index is 1.24. The lowest BCUT2D eigenvalue weighted by atomic mass is 9.99. The van der Waals surface area contributed by atoms with Crippen LogP contribution < -0.4 is 0 Å². The molecule has 0 fully saturated rings. The van der Waals surface area contributed by atoms with Gasteiger partial charge in [-0.25, -0.2) is 0 Å². The van der Waals surface area contributed by atoms with E-state index in [-0.39, 0.29) is 0 Å². The third-order valence-electron chi connectivity index (χ3n) is 8.42. The summed E-state index contributed by atoms with van der Waals surface area (Å²) >= 11 is 1.90. The lowest BCUT2D eigenvalue weighted by Gasteiger charge is -2.04. The molecule has 0 aliphatic heterocycles. The number of nitrogens with one attached hydrogen (secondary N) is 1. The van der Waals surface area contributed by atoms with Gasteiger partial charge in [0.15, 0.2) is 0 Å². The summed E-state index contributed by atoms with van der Waals surface area (Å²) in [6, 6.07) is 38.2. The molecule has 37 heavy (non-hydrogen) atoms. The number of para-hydroxylation sites is 2. The quantitative estimate of drug-likeness (QED) is 0.220. The molecule has 0 spiro atoms. The Bertz CT molecular complexity index is 2570. The highest BCUT2D eigenvalue weighted by Gasteiger charge is 2.23. The van der Waals surface area contributed by atoms with E-state index in [1.807, 2.05) is 11.3 Å². The van der Waals surface area contributed by atoms with Crippen LogP contribution in [-0.4, -0.2) is 9.38 Å². The maximum absolute atomic E-state index is 3.97. The van der Waals surface area contributed by atoms with E-state index in [9.17, 15) is 0 Å². The molecule has 4 heterocycles. The van der Waals surface area contributed by atoms with Gasteiger partial charge in [0.05, 0.1) is 32.3 Å². The van der Waals surface area contributed by atoms with E-state index in [0.29, 0.717) is 0 Å². The Morgan fingerprint density at radius 1 is 0.514 bits per heavy atom. The second-order valence-electron chi connectivity index (χ2n) is 10.2. The van der Waals surface area contributed by atoms with Crippen LogP contribution in [0.1, 0.15) is 0 Å². The summed E-state index contributed by atoms with van der Waals surface area (Å²) < 4.78 is 5.20. The number of aromatic amines is 1. The Hall–Kier alpha value is -4.60. The number of benzene rings is 6. The van der Waals surface area contributed by atoms with Gasteiger partial charge in [0.2, 0.25) is 0 Å². The molecular weight excluding hydrogens is 468 g/mol. The normalized spacial score (nSPS) is 12.9. The van der Waals surface area contributed by atoms with Crippen LogP contribution in [-0.2, 0) is 0 Å². The lowest BCUT2D eigenvalue weighted by Crippen LogP contribution is -1.85. The molecule has 0 saturated carbocycles. The van der Waals surface area contributed by atoms with Gasteiger partial charge in [-0.3, -0.25) is 0 Å². The van der Waals surface area contributed by atoms with Crippen LogP contribution in [0.2, 0.25) is 0 Å². The zero-order valence-electron chi connectivity index (χ0n) is 19.7. The van der Waals surface area contributed by atoms with Gasteiger partial charge in [0, 0.05) is 47.8 Å². The van der Waals surface area contributed by atoms with Crippen molar-refractivity contribution in [1.29, 1.82) is 0 Å². The van der Waals surface area contributed by atoms with Gasteiger partial charge >= 0.3 is 0 Å². The van der Waals surface area contributed by atoms with Gasteiger partial charge < -0.3 is 9.38 Å². The number of fused-ring (bicyclic) bond motifs is 11. The fourth-order valence-corrected chi connectivity index (χ4v) is 8.14. The fraction of sp³-hybridized carbons (Fsp3) is 0. The van der Waals surface area contributed by atoms with Crippen LogP contribution in [0.3, 0.4) is 0 Å². The van der Waals surface area contributed by atoms with E-state index < -0.39 is 0 Å². The van der Waals surface area contributed by atoms with Crippen molar-refractivity contribution in [2.75, 3.05) is 0 Å². The highest BCUT2D eigenvalue weighted by Crippen LogP contribution is 2.48. The van der Waals surface area contributed by atoms with Crippen molar-refractivity contribution in [3.05, 3.63) is 103 Å². The first-order chi connectivity index (χ1) is 18.4. The van der Waals surface area contributed by atoms with E-state index in [0.717, 1.165) is 0 Å². The second kappa shape index (κ2) is 6.20. The molecule has 0 aliphatic rings. The minimum Gasteiger partial charge on any atom is -0.353 e. The number of thiophene rings is 1. The summed E-state index contributed by atoms with van der Waals surface area (Å²) in [5.74, 6) is 0. The van der Waals surface area contributed by atoms with E-state index in [1.54, 1.807) is 0 Å². The molecule has 4 aromatic heterocycles. The third kappa shape index (κ3) is 2.07. The summed E-state index contributed by atoms with van der Waals surface area (Å²) in [7, 11) is 0. The summed E-state index contributed by atoms with van der Waals surface area (Å²) in [6.45, 7) is 0. The number of hydrogen-bond donors (Lipinski definition) is 1. The molecule has 0 radical (unpaired) electrons. The SMILES string of the molecule is c1ccc2c(c1)cc1c3cccc4c5ccccc5n(c5cc6c7ccccc7sc6c6[nH]c2c1c65)c34. The Morgan fingerprint density at radius 3 is 2.16 bits per heavy atom. The molecule has 0 atom stereocenters. The first kappa shape index (κ1) is 18.6. The van der Waals surface area contributed by atoms with Crippen molar-refractivity contribution in [2.24, 2.45) is 0 Å². The van der Waals surface area contributed by atoms with Crippen molar-refractivity contribution in [3.63, 3.8) is 0 Å². The van der Waals surface area contributed by atoms with E-state index in [4.69, 9.17) is 0 Å². The predicted octanol–water partition coefficient (Wildman–Crippen LogP) is 9.99. The summed E-state index contributed by atoms with van der Waals surface area (Å²) in [6.07, 6.45) is 0. The van der Waals surface area contributed by atoms with Crippen molar-refractivity contribution < 1.29 is 0 Å². The fourth-order valence-electron chi connectivity index (χ4n) is 6.95. The zero-order chi connectivity index (χ0) is 23.8. The van der Waals surface area contributed by atoms with Crippen LogP contribution in [0.15, 0.2) is 103 Å². The first-order valence-electron chi connectivity index (χ1n) is 12.7. The Morgan fingerprint density at radius 2 is 1.24 bits per heavy atom. The highest BCUT2D eigenvalue weighted by atomic mass is 32.1. The molecule has 0 saturated heterocycles. The molecule has 0 bridgehead atoms. The van der Waals surface area contributed by atoms with Gasteiger partial charge in [0.1, 0.15) is 0 Å². The number of rotatable bonds is 0. The van der Waals surface area contributed by atoms with Gasteiger partial charge in [-0.1, -0.05) is 78.9 Å². The summed E-state index contributed by atoms with van der Waals surface area (Å²) in [5, 5.41) is 13.1. The van der Waals surface area contributed by atoms with Crippen molar-refractivity contribution in [3.8, 4) is 0 Å². The summed E-state index contributed by atoms with van der Waals surface area (Å²) in [4.78, 5) is 3.97. The molecule has 1 N–H and O–H groups in total. The van der Waals surface area contributed by atoms with Crippen LogP contribution >= 0.6 is 11.3 Å². The van der Waals surface area contributed by atoms with Crippen molar-refractivity contribution in [1.82, 2.24) is 9.38 Å². The topological polar surface area (TPSA) is 20.2 Å². The largest absolute Gasteiger partial charge is 0.353 e. The molecule has 0 aliphatic carbocycles. The maximum Gasteiger partial charge on any atom is 0.0668 e. The average Bonchev–Trinajstić information content (AvgIpc) is 3.60. The van der Waals surface area contributed by atoms with Gasteiger partial charge in [-0.05, 0) is 35.0 Å². The Kier molecular flexibility index (Phi) is 3.12. The van der Waals surface area contributed by atoms with Crippen LogP contribution in [0, 0.1) is 0 Å². The van der Waals surface area contributed by atoms with E-state index >= 15 is 0 Å². The molecule has 2 nitrogen and oxygen atoms in total. The first-order valence-corrected chi connectivity index (χ1v) is 13.5. The number of nitrogens with zero attached hydrogens (tertiary/aromatic N) is 1. The van der Waals surface area contributed by atoms with E-state index in [2.05, 4.69) is 113 Å². The third-order valence-corrected chi connectivity index (χ3v) is 9.63. The lowest BCUT2D eigenvalue weighted by molar-refractivity contribution is 1.36. The molecule has 170 valence electrons. The monoisotopic (exact) mass is 486 g/mol. The summed E-state index contributed by atoms with van der Waals surface area (Å²) in [5.41, 5.74) is 6.32. The zero-order valence-corrected chi connectivity index (χ0v) is 20.5. The molecule has 0 unspecified atom stereocenters. The number of H-pyrrole nitrogens is 1. The van der Waals surface area contributed by atoms with Gasteiger partial charge in [-0.15, -0.1) is 11.3 Å². The Balaban J connectivity index is 1.69. The van der Waals surface area contributed by atoms with Gasteiger partial charge in [0.25, 0.3) is 0 Å². The average molecular weight is 487 g/mol. The van der Waals surface area contributed by atoms with Crippen LogP contribution in [0.4, 0.5) is 0 Å². The molecule has 10 aromatic rings. The predicted molar refractivity (Wildman–Crippen MR) is 161 cm³/mol.